The maximum Gasteiger partial charge on any atom is 0.151 e. The van der Waals surface area contributed by atoms with Gasteiger partial charge in [0, 0.05) is 38.3 Å². The second-order valence-corrected chi connectivity index (χ2v) is 6.41. The van der Waals surface area contributed by atoms with Crippen LogP contribution in [0.3, 0.4) is 0 Å². The van der Waals surface area contributed by atoms with Crippen molar-refractivity contribution in [3.05, 3.63) is 17.8 Å². The molecule has 112 valence electrons. The van der Waals surface area contributed by atoms with Crippen LogP contribution in [0.15, 0.2) is 12.1 Å². The summed E-state index contributed by atoms with van der Waals surface area (Å²) >= 11 is 0. The van der Waals surface area contributed by atoms with E-state index in [1.165, 1.54) is 0 Å². The fourth-order valence-electron chi connectivity index (χ4n) is 2.26. The number of hydrogen-bond donors (Lipinski definition) is 1. The minimum atomic E-state index is 0.108. The quantitative estimate of drug-likeness (QED) is 0.904. The first-order valence-corrected chi connectivity index (χ1v) is 7.53. The summed E-state index contributed by atoms with van der Waals surface area (Å²) in [5, 5.41) is 12.1. The van der Waals surface area contributed by atoms with Crippen LogP contribution in [0.25, 0.3) is 0 Å². The normalized spacial score (nSPS) is 17.5. The standard InChI is InChI=1S/C15H27N5/c1-5-19-8-10-20(11-9-19)14-7-6-13(17-18-14)12-16-15(2,3)4/h6-7,16H,5,8-12H2,1-4H3. The van der Waals surface area contributed by atoms with Crippen molar-refractivity contribution in [3.8, 4) is 0 Å². The van der Waals surface area contributed by atoms with Crippen LogP contribution in [-0.4, -0.2) is 53.4 Å². The van der Waals surface area contributed by atoms with E-state index in [1.807, 2.05) is 0 Å². The molecular formula is C15H27N5. The minimum Gasteiger partial charge on any atom is -0.353 e. The molecule has 0 spiro atoms. The van der Waals surface area contributed by atoms with Crippen LogP contribution in [0.4, 0.5) is 5.82 Å². The SMILES string of the molecule is CCN1CCN(c2ccc(CNC(C)(C)C)nn2)CC1. The van der Waals surface area contributed by atoms with Crippen LogP contribution in [0.5, 0.6) is 0 Å². The Hall–Kier alpha value is -1.20. The summed E-state index contributed by atoms with van der Waals surface area (Å²) in [4.78, 5) is 4.78. The third-order valence-electron chi connectivity index (χ3n) is 3.65. The van der Waals surface area contributed by atoms with Gasteiger partial charge in [0.1, 0.15) is 0 Å². The van der Waals surface area contributed by atoms with Crippen molar-refractivity contribution in [2.24, 2.45) is 0 Å². The van der Waals surface area contributed by atoms with E-state index in [2.05, 4.69) is 65.1 Å². The minimum absolute atomic E-state index is 0.108. The summed E-state index contributed by atoms with van der Waals surface area (Å²) in [6, 6.07) is 4.17. The summed E-state index contributed by atoms with van der Waals surface area (Å²) < 4.78 is 0. The Kier molecular flexibility index (Phi) is 4.94. The van der Waals surface area contributed by atoms with E-state index < -0.39 is 0 Å². The van der Waals surface area contributed by atoms with Crippen molar-refractivity contribution in [1.82, 2.24) is 20.4 Å². The smallest absolute Gasteiger partial charge is 0.151 e. The first kappa shape index (κ1) is 15.2. The van der Waals surface area contributed by atoms with Gasteiger partial charge < -0.3 is 15.1 Å². The van der Waals surface area contributed by atoms with E-state index in [1.54, 1.807) is 0 Å². The molecule has 1 N–H and O–H groups in total. The Morgan fingerprint density at radius 1 is 1.10 bits per heavy atom. The van der Waals surface area contributed by atoms with E-state index in [0.29, 0.717) is 0 Å². The molecule has 0 aromatic carbocycles. The van der Waals surface area contributed by atoms with Gasteiger partial charge in [0.15, 0.2) is 5.82 Å². The van der Waals surface area contributed by atoms with Gasteiger partial charge in [-0.15, -0.1) is 5.10 Å². The molecule has 1 aromatic heterocycles. The Bertz CT molecular complexity index is 401. The van der Waals surface area contributed by atoms with Crippen molar-refractivity contribution in [2.45, 2.75) is 39.8 Å². The Morgan fingerprint density at radius 2 is 1.80 bits per heavy atom. The second-order valence-electron chi connectivity index (χ2n) is 6.41. The molecule has 0 bridgehead atoms. The maximum absolute atomic E-state index is 4.37. The molecule has 0 radical (unpaired) electrons. The average Bonchev–Trinajstić information content (AvgIpc) is 2.45. The van der Waals surface area contributed by atoms with Crippen LogP contribution in [0, 0.1) is 0 Å². The van der Waals surface area contributed by atoms with Crippen LogP contribution in [0.1, 0.15) is 33.4 Å². The third-order valence-corrected chi connectivity index (χ3v) is 3.65. The first-order valence-electron chi connectivity index (χ1n) is 7.53. The fraction of sp³-hybridized carbons (Fsp3) is 0.733. The summed E-state index contributed by atoms with van der Waals surface area (Å²) in [6.45, 7) is 14.9. The zero-order valence-electron chi connectivity index (χ0n) is 13.2. The number of hydrogen-bond acceptors (Lipinski definition) is 5. The number of nitrogens with one attached hydrogen (secondary N) is 1. The van der Waals surface area contributed by atoms with Gasteiger partial charge in [0.25, 0.3) is 0 Å². The van der Waals surface area contributed by atoms with Gasteiger partial charge >= 0.3 is 0 Å². The lowest BCUT2D eigenvalue weighted by atomic mass is 10.1. The molecule has 2 heterocycles. The van der Waals surface area contributed by atoms with E-state index in [4.69, 9.17) is 0 Å². The van der Waals surface area contributed by atoms with Crippen LogP contribution < -0.4 is 10.2 Å². The first-order chi connectivity index (χ1) is 9.48. The number of nitrogens with zero attached hydrogens (tertiary/aromatic N) is 4. The summed E-state index contributed by atoms with van der Waals surface area (Å²) in [5.41, 5.74) is 1.10. The van der Waals surface area contributed by atoms with E-state index in [0.717, 1.165) is 50.8 Å². The van der Waals surface area contributed by atoms with E-state index in [9.17, 15) is 0 Å². The molecule has 0 saturated carbocycles. The largest absolute Gasteiger partial charge is 0.353 e. The molecule has 1 saturated heterocycles. The van der Waals surface area contributed by atoms with Gasteiger partial charge in [-0.25, -0.2) is 0 Å². The molecule has 0 aliphatic carbocycles. The van der Waals surface area contributed by atoms with Crippen molar-refractivity contribution >= 4 is 5.82 Å². The zero-order chi connectivity index (χ0) is 14.6. The zero-order valence-corrected chi connectivity index (χ0v) is 13.2. The molecule has 0 amide bonds. The predicted octanol–water partition coefficient (Wildman–Crippen LogP) is 1.51. The van der Waals surface area contributed by atoms with Gasteiger partial charge in [0.2, 0.25) is 0 Å². The molecular weight excluding hydrogens is 250 g/mol. The van der Waals surface area contributed by atoms with Crippen molar-refractivity contribution in [3.63, 3.8) is 0 Å². The number of piperazine rings is 1. The molecule has 1 fully saturated rings. The van der Waals surface area contributed by atoms with Crippen LogP contribution in [0.2, 0.25) is 0 Å². The highest BCUT2D eigenvalue weighted by Gasteiger charge is 2.17. The fourth-order valence-corrected chi connectivity index (χ4v) is 2.26. The maximum atomic E-state index is 4.37. The Balaban J connectivity index is 1.88. The molecule has 0 unspecified atom stereocenters. The lowest BCUT2D eigenvalue weighted by molar-refractivity contribution is 0.270. The average molecular weight is 277 g/mol. The summed E-state index contributed by atoms with van der Waals surface area (Å²) in [7, 11) is 0. The van der Waals surface area contributed by atoms with E-state index in [-0.39, 0.29) is 5.54 Å². The van der Waals surface area contributed by atoms with Crippen molar-refractivity contribution in [2.75, 3.05) is 37.6 Å². The highest BCUT2D eigenvalue weighted by Crippen LogP contribution is 2.13. The van der Waals surface area contributed by atoms with E-state index >= 15 is 0 Å². The van der Waals surface area contributed by atoms with Gasteiger partial charge in [0.05, 0.1) is 5.69 Å². The monoisotopic (exact) mass is 277 g/mol. The van der Waals surface area contributed by atoms with Crippen molar-refractivity contribution < 1.29 is 0 Å². The number of likely N-dealkylation sites (N-methyl/N-ethyl adjacent to an activating group) is 1. The highest BCUT2D eigenvalue weighted by molar-refractivity contribution is 5.37. The molecule has 1 aliphatic heterocycles. The molecule has 1 aliphatic rings. The number of aromatic nitrogens is 2. The predicted molar refractivity (Wildman–Crippen MR) is 83.0 cm³/mol. The van der Waals surface area contributed by atoms with Gasteiger partial charge in [-0.05, 0) is 39.4 Å². The van der Waals surface area contributed by atoms with Gasteiger partial charge in [-0.1, -0.05) is 6.92 Å². The molecule has 0 atom stereocenters. The topological polar surface area (TPSA) is 44.3 Å². The lowest BCUT2D eigenvalue weighted by Crippen LogP contribution is -2.46. The second kappa shape index (κ2) is 6.50. The number of anilines is 1. The molecule has 5 heteroatoms. The lowest BCUT2D eigenvalue weighted by Gasteiger charge is -2.34. The highest BCUT2D eigenvalue weighted by atomic mass is 15.3. The summed E-state index contributed by atoms with van der Waals surface area (Å²) in [6.07, 6.45) is 0. The molecule has 2 rings (SSSR count). The summed E-state index contributed by atoms with van der Waals surface area (Å²) in [5.74, 6) is 1.00. The molecule has 5 nitrogen and oxygen atoms in total. The molecule has 20 heavy (non-hydrogen) atoms. The Labute approximate surface area is 122 Å². The van der Waals surface area contributed by atoms with Gasteiger partial charge in [-0.2, -0.15) is 5.10 Å². The Morgan fingerprint density at radius 3 is 2.30 bits per heavy atom. The van der Waals surface area contributed by atoms with Crippen molar-refractivity contribution in [1.29, 1.82) is 0 Å². The van der Waals surface area contributed by atoms with Gasteiger partial charge in [-0.3, -0.25) is 0 Å². The number of rotatable bonds is 4. The van der Waals surface area contributed by atoms with Crippen LogP contribution in [-0.2, 0) is 6.54 Å². The molecule has 1 aromatic rings. The third kappa shape index (κ3) is 4.42. The van der Waals surface area contributed by atoms with Crippen LogP contribution >= 0.6 is 0 Å².